The molecule has 0 saturated carbocycles. The van der Waals surface area contributed by atoms with Gasteiger partial charge in [0.05, 0.1) is 0 Å². The van der Waals surface area contributed by atoms with E-state index in [1.807, 2.05) is 13.0 Å². The zero-order chi connectivity index (χ0) is 13.1. The maximum absolute atomic E-state index is 13.4. The van der Waals surface area contributed by atoms with Crippen LogP contribution in [0, 0.1) is 19.7 Å². The van der Waals surface area contributed by atoms with Gasteiger partial charge in [-0.1, -0.05) is 6.07 Å². The van der Waals surface area contributed by atoms with Gasteiger partial charge in [0.15, 0.2) is 0 Å². The minimum Gasteiger partial charge on any atom is -0.357 e. The van der Waals surface area contributed by atoms with Crippen molar-refractivity contribution in [1.29, 1.82) is 0 Å². The molecule has 94 valence electrons. The maximum Gasteiger partial charge on any atom is 0.224 e. The Hall–Kier alpha value is -2.17. The van der Waals surface area contributed by atoms with E-state index in [2.05, 4.69) is 20.6 Å². The van der Waals surface area contributed by atoms with Crippen LogP contribution in [0.15, 0.2) is 24.4 Å². The zero-order valence-electron chi connectivity index (χ0n) is 10.6. The summed E-state index contributed by atoms with van der Waals surface area (Å²) in [5.41, 5.74) is 2.18. The first-order chi connectivity index (χ1) is 8.61. The van der Waals surface area contributed by atoms with Crippen molar-refractivity contribution in [3.8, 4) is 0 Å². The van der Waals surface area contributed by atoms with E-state index in [1.165, 1.54) is 6.07 Å². The molecule has 0 spiro atoms. The van der Waals surface area contributed by atoms with E-state index in [0.717, 1.165) is 5.56 Å². The van der Waals surface area contributed by atoms with Gasteiger partial charge in [0.1, 0.15) is 11.6 Å². The highest BCUT2D eigenvalue weighted by atomic mass is 19.1. The Kier molecular flexibility index (Phi) is 3.41. The van der Waals surface area contributed by atoms with Crippen LogP contribution in [0.3, 0.4) is 0 Å². The molecule has 0 fully saturated rings. The minimum atomic E-state index is -0.236. The average Bonchev–Trinajstić information content (AvgIpc) is 2.37. The molecule has 0 aliphatic carbocycles. The smallest absolute Gasteiger partial charge is 0.224 e. The Morgan fingerprint density at radius 2 is 2.00 bits per heavy atom. The lowest BCUT2D eigenvalue weighted by Gasteiger charge is -2.12. The van der Waals surface area contributed by atoms with Gasteiger partial charge in [0.2, 0.25) is 5.95 Å². The van der Waals surface area contributed by atoms with E-state index < -0.39 is 0 Å². The largest absolute Gasteiger partial charge is 0.357 e. The molecule has 1 aromatic heterocycles. The number of hydrogen-bond donors (Lipinski definition) is 2. The summed E-state index contributed by atoms with van der Waals surface area (Å²) in [6.45, 7) is 3.63. The van der Waals surface area contributed by atoms with Crippen molar-refractivity contribution in [3.63, 3.8) is 0 Å². The predicted octanol–water partition coefficient (Wildman–Crippen LogP) is 3.02. The Morgan fingerprint density at radius 1 is 1.22 bits per heavy atom. The van der Waals surface area contributed by atoms with Gasteiger partial charge in [0.25, 0.3) is 0 Å². The molecule has 1 heterocycles. The van der Waals surface area contributed by atoms with Crippen molar-refractivity contribution < 1.29 is 4.39 Å². The number of rotatable bonds is 3. The summed E-state index contributed by atoms with van der Waals surface area (Å²) in [7, 11) is 1.75. The standard InChI is InChI=1S/C13H15FN4/c1-8-7-16-13(15-3)18-12(8)17-11-6-4-5-10(14)9(11)2/h4-7H,1-3H3,(H2,15,16,17,18). The minimum absolute atomic E-state index is 0.236. The van der Waals surface area contributed by atoms with Crippen LogP contribution in [-0.4, -0.2) is 17.0 Å². The number of halogens is 1. The van der Waals surface area contributed by atoms with Crippen molar-refractivity contribution >= 4 is 17.5 Å². The summed E-state index contributed by atoms with van der Waals surface area (Å²) in [5, 5.41) is 5.99. The summed E-state index contributed by atoms with van der Waals surface area (Å²) < 4.78 is 13.4. The van der Waals surface area contributed by atoms with Crippen molar-refractivity contribution in [3.05, 3.63) is 41.3 Å². The van der Waals surface area contributed by atoms with E-state index in [-0.39, 0.29) is 5.82 Å². The first-order valence-corrected chi connectivity index (χ1v) is 5.65. The van der Waals surface area contributed by atoms with E-state index >= 15 is 0 Å². The highest BCUT2D eigenvalue weighted by Crippen LogP contribution is 2.23. The van der Waals surface area contributed by atoms with Crippen molar-refractivity contribution in [1.82, 2.24) is 9.97 Å². The molecular weight excluding hydrogens is 231 g/mol. The van der Waals surface area contributed by atoms with Crippen LogP contribution in [0.1, 0.15) is 11.1 Å². The third-order valence-corrected chi connectivity index (χ3v) is 2.72. The molecular formula is C13H15FN4. The van der Waals surface area contributed by atoms with Crippen LogP contribution in [0.25, 0.3) is 0 Å². The molecule has 18 heavy (non-hydrogen) atoms. The fraction of sp³-hybridized carbons (Fsp3) is 0.231. The Morgan fingerprint density at radius 3 is 2.72 bits per heavy atom. The highest BCUT2D eigenvalue weighted by Gasteiger charge is 2.07. The second-order valence-electron chi connectivity index (χ2n) is 4.01. The molecule has 1 aromatic carbocycles. The molecule has 0 amide bonds. The summed E-state index contributed by atoms with van der Waals surface area (Å²) in [6, 6.07) is 4.92. The van der Waals surface area contributed by atoms with Crippen LogP contribution in [-0.2, 0) is 0 Å². The van der Waals surface area contributed by atoms with Gasteiger partial charge in [-0.2, -0.15) is 4.98 Å². The van der Waals surface area contributed by atoms with Gasteiger partial charge in [0, 0.05) is 30.1 Å². The Bertz CT molecular complexity index is 569. The van der Waals surface area contributed by atoms with Crippen LogP contribution in [0.2, 0.25) is 0 Å². The molecule has 0 radical (unpaired) electrons. The molecule has 0 aliphatic rings. The Labute approximate surface area is 105 Å². The SMILES string of the molecule is CNc1ncc(C)c(Nc2cccc(F)c2C)n1. The second kappa shape index (κ2) is 5.00. The molecule has 2 rings (SSSR count). The normalized spacial score (nSPS) is 10.2. The second-order valence-corrected chi connectivity index (χ2v) is 4.01. The van der Waals surface area contributed by atoms with Crippen LogP contribution in [0.5, 0.6) is 0 Å². The van der Waals surface area contributed by atoms with Gasteiger partial charge >= 0.3 is 0 Å². The number of aryl methyl sites for hydroxylation is 1. The van der Waals surface area contributed by atoms with E-state index in [0.29, 0.717) is 23.0 Å². The molecule has 0 unspecified atom stereocenters. The van der Waals surface area contributed by atoms with Crippen LogP contribution >= 0.6 is 0 Å². The molecule has 2 aromatic rings. The van der Waals surface area contributed by atoms with E-state index in [9.17, 15) is 4.39 Å². The molecule has 5 heteroatoms. The lowest BCUT2D eigenvalue weighted by molar-refractivity contribution is 0.619. The topological polar surface area (TPSA) is 49.8 Å². The molecule has 0 bridgehead atoms. The van der Waals surface area contributed by atoms with Gasteiger partial charge < -0.3 is 10.6 Å². The van der Waals surface area contributed by atoms with Crippen molar-refractivity contribution in [2.45, 2.75) is 13.8 Å². The lowest BCUT2D eigenvalue weighted by Crippen LogP contribution is -2.03. The fourth-order valence-corrected chi connectivity index (χ4v) is 1.56. The van der Waals surface area contributed by atoms with Gasteiger partial charge in [-0.3, -0.25) is 0 Å². The molecule has 2 N–H and O–H groups in total. The van der Waals surface area contributed by atoms with E-state index in [4.69, 9.17) is 0 Å². The van der Waals surface area contributed by atoms with Crippen molar-refractivity contribution in [2.75, 3.05) is 17.7 Å². The summed E-state index contributed by atoms with van der Waals surface area (Å²) in [6.07, 6.45) is 1.72. The Balaban J connectivity index is 2.36. The van der Waals surface area contributed by atoms with Gasteiger partial charge in [-0.05, 0) is 26.0 Å². The fourth-order valence-electron chi connectivity index (χ4n) is 1.56. The number of nitrogens with one attached hydrogen (secondary N) is 2. The van der Waals surface area contributed by atoms with Crippen molar-refractivity contribution in [2.24, 2.45) is 0 Å². The third kappa shape index (κ3) is 2.40. The quantitative estimate of drug-likeness (QED) is 0.874. The number of aromatic nitrogens is 2. The number of nitrogens with zero attached hydrogens (tertiary/aromatic N) is 2. The summed E-state index contributed by atoms with van der Waals surface area (Å²) in [4.78, 5) is 8.40. The van der Waals surface area contributed by atoms with E-state index in [1.54, 1.807) is 26.2 Å². The summed E-state index contributed by atoms with van der Waals surface area (Å²) >= 11 is 0. The molecule has 0 saturated heterocycles. The first kappa shape index (κ1) is 12.3. The third-order valence-electron chi connectivity index (χ3n) is 2.72. The first-order valence-electron chi connectivity index (χ1n) is 5.65. The average molecular weight is 246 g/mol. The maximum atomic E-state index is 13.4. The number of benzene rings is 1. The lowest BCUT2D eigenvalue weighted by atomic mass is 10.2. The molecule has 4 nitrogen and oxygen atoms in total. The highest BCUT2D eigenvalue weighted by molar-refractivity contribution is 5.63. The summed E-state index contributed by atoms with van der Waals surface area (Å²) in [5.74, 6) is 0.959. The zero-order valence-corrected chi connectivity index (χ0v) is 10.6. The van der Waals surface area contributed by atoms with Crippen LogP contribution < -0.4 is 10.6 Å². The monoisotopic (exact) mass is 246 g/mol. The molecule has 0 atom stereocenters. The molecule has 0 aliphatic heterocycles. The number of anilines is 3. The predicted molar refractivity (Wildman–Crippen MR) is 70.7 cm³/mol. The van der Waals surface area contributed by atoms with Crippen LogP contribution in [0.4, 0.5) is 21.8 Å². The van der Waals surface area contributed by atoms with Gasteiger partial charge in [-0.25, -0.2) is 9.37 Å². The number of hydrogen-bond acceptors (Lipinski definition) is 4. The van der Waals surface area contributed by atoms with Gasteiger partial charge in [-0.15, -0.1) is 0 Å².